The van der Waals surface area contributed by atoms with Crippen LogP contribution in [0, 0.1) is 0 Å². The largest absolute Gasteiger partial charge is 0.345 e. The summed E-state index contributed by atoms with van der Waals surface area (Å²) < 4.78 is 26.1. The molecule has 7 nitrogen and oxygen atoms in total. The van der Waals surface area contributed by atoms with E-state index < -0.39 is 10.0 Å². The Balaban J connectivity index is 1.46. The summed E-state index contributed by atoms with van der Waals surface area (Å²) in [6, 6.07) is 31.8. The van der Waals surface area contributed by atoms with Gasteiger partial charge in [0.05, 0.1) is 35.8 Å². The Kier molecular flexibility index (Phi) is 8.23. The van der Waals surface area contributed by atoms with E-state index in [0.29, 0.717) is 22.5 Å². The Bertz CT molecular complexity index is 1510. The number of hydrogen-bond acceptors (Lipinski definition) is 4. The van der Waals surface area contributed by atoms with Crippen molar-refractivity contribution in [3.63, 3.8) is 0 Å². The molecule has 0 saturated carbocycles. The van der Waals surface area contributed by atoms with Gasteiger partial charge in [-0.2, -0.15) is 0 Å². The number of para-hydroxylation sites is 2. The highest BCUT2D eigenvalue weighted by Gasteiger charge is 2.19. The number of sulfonamides is 1. The Labute approximate surface area is 223 Å². The fraction of sp³-hybridized carbons (Fsp3) is 0.133. The van der Waals surface area contributed by atoms with Crippen LogP contribution in [0.3, 0.4) is 0 Å². The lowest BCUT2D eigenvalue weighted by Gasteiger charge is -2.22. The van der Waals surface area contributed by atoms with Gasteiger partial charge in [0.25, 0.3) is 11.8 Å². The minimum Gasteiger partial charge on any atom is -0.345 e. The summed E-state index contributed by atoms with van der Waals surface area (Å²) in [7, 11) is -3.51. The molecule has 4 aromatic rings. The monoisotopic (exact) mass is 527 g/mol. The number of nitrogens with zero attached hydrogens (tertiary/aromatic N) is 1. The summed E-state index contributed by atoms with van der Waals surface area (Å²) in [6.45, 7) is 2.03. The molecule has 0 aliphatic heterocycles. The van der Waals surface area contributed by atoms with E-state index in [1.54, 1.807) is 72.8 Å². The number of benzene rings is 4. The van der Waals surface area contributed by atoms with Crippen molar-refractivity contribution in [2.75, 3.05) is 15.9 Å². The van der Waals surface area contributed by atoms with Gasteiger partial charge in [-0.1, -0.05) is 72.8 Å². The second-order valence-electron chi connectivity index (χ2n) is 8.91. The molecule has 194 valence electrons. The summed E-state index contributed by atoms with van der Waals surface area (Å²) >= 11 is 0. The van der Waals surface area contributed by atoms with Gasteiger partial charge in [0.2, 0.25) is 10.0 Å². The van der Waals surface area contributed by atoms with E-state index in [1.807, 2.05) is 43.3 Å². The minimum atomic E-state index is -3.51. The Morgan fingerprint density at radius 1 is 0.763 bits per heavy atom. The third-order valence-electron chi connectivity index (χ3n) is 6.05. The van der Waals surface area contributed by atoms with E-state index in [0.717, 1.165) is 17.4 Å². The van der Waals surface area contributed by atoms with Crippen molar-refractivity contribution in [2.24, 2.45) is 0 Å². The van der Waals surface area contributed by atoms with Gasteiger partial charge in [-0.25, -0.2) is 8.42 Å². The highest BCUT2D eigenvalue weighted by molar-refractivity contribution is 7.92. The van der Waals surface area contributed by atoms with E-state index in [1.165, 1.54) is 4.31 Å². The van der Waals surface area contributed by atoms with Crippen molar-refractivity contribution in [3.05, 3.63) is 131 Å². The summed E-state index contributed by atoms with van der Waals surface area (Å²) in [6.07, 6.45) is 1.16. The third-order valence-corrected chi connectivity index (χ3v) is 7.19. The first kappa shape index (κ1) is 26.6. The molecule has 4 aromatic carbocycles. The van der Waals surface area contributed by atoms with Crippen LogP contribution in [-0.4, -0.2) is 26.5 Å². The van der Waals surface area contributed by atoms with Crippen molar-refractivity contribution in [1.29, 1.82) is 0 Å². The average Bonchev–Trinajstić information content (AvgIpc) is 2.92. The summed E-state index contributed by atoms with van der Waals surface area (Å²) in [5.41, 5.74) is 3.40. The number of amides is 2. The first-order valence-corrected chi connectivity index (χ1v) is 13.9. The molecule has 0 radical (unpaired) electrons. The Morgan fingerprint density at radius 2 is 1.34 bits per heavy atom. The molecule has 0 saturated heterocycles. The standard InChI is InChI=1S/C30H29N3O4S/c1-22(24-11-5-3-6-12-24)31-30(35)27-15-9-10-16-28(27)32-29(34)25-19-17-23(18-20-25)21-33(38(2,36)37)26-13-7-4-8-14-26/h3-20,22H,21H2,1-2H3,(H,31,35)(H,32,34)/t22-/m0/s1. The quantitative estimate of drug-likeness (QED) is 0.305. The lowest BCUT2D eigenvalue weighted by Crippen LogP contribution is -2.29. The zero-order valence-electron chi connectivity index (χ0n) is 21.2. The maximum Gasteiger partial charge on any atom is 0.255 e. The van der Waals surface area contributed by atoms with Crippen LogP contribution in [-0.2, 0) is 16.6 Å². The second kappa shape index (κ2) is 11.7. The third kappa shape index (κ3) is 6.66. The smallest absolute Gasteiger partial charge is 0.255 e. The molecule has 0 spiro atoms. The van der Waals surface area contributed by atoms with E-state index in [9.17, 15) is 18.0 Å². The fourth-order valence-electron chi connectivity index (χ4n) is 4.01. The lowest BCUT2D eigenvalue weighted by molar-refractivity contribution is 0.0940. The number of hydrogen-bond donors (Lipinski definition) is 2. The lowest BCUT2D eigenvalue weighted by atomic mass is 10.1. The van der Waals surface area contributed by atoms with E-state index >= 15 is 0 Å². The van der Waals surface area contributed by atoms with Crippen LogP contribution in [0.4, 0.5) is 11.4 Å². The van der Waals surface area contributed by atoms with Crippen LogP contribution in [0.5, 0.6) is 0 Å². The van der Waals surface area contributed by atoms with Crippen molar-refractivity contribution < 1.29 is 18.0 Å². The molecule has 2 amide bonds. The maximum absolute atomic E-state index is 13.0. The van der Waals surface area contributed by atoms with Gasteiger partial charge in [-0.05, 0) is 54.4 Å². The Morgan fingerprint density at radius 3 is 1.97 bits per heavy atom. The predicted molar refractivity (Wildman–Crippen MR) is 151 cm³/mol. The highest BCUT2D eigenvalue weighted by atomic mass is 32.2. The van der Waals surface area contributed by atoms with Crippen LogP contribution in [0.15, 0.2) is 109 Å². The molecular weight excluding hydrogens is 498 g/mol. The van der Waals surface area contributed by atoms with Crippen LogP contribution in [0.25, 0.3) is 0 Å². The topological polar surface area (TPSA) is 95.6 Å². The molecule has 0 unspecified atom stereocenters. The average molecular weight is 528 g/mol. The van der Waals surface area contributed by atoms with E-state index in [4.69, 9.17) is 0 Å². The SMILES string of the molecule is C[C@H](NC(=O)c1ccccc1NC(=O)c1ccc(CN(c2ccccc2)S(C)(=O)=O)cc1)c1ccccc1. The van der Waals surface area contributed by atoms with Crippen molar-refractivity contribution in [2.45, 2.75) is 19.5 Å². The van der Waals surface area contributed by atoms with Crippen LogP contribution >= 0.6 is 0 Å². The molecule has 0 aromatic heterocycles. The number of carbonyl (C=O) groups is 2. The van der Waals surface area contributed by atoms with Crippen LogP contribution in [0.2, 0.25) is 0 Å². The normalized spacial score (nSPS) is 11.8. The molecule has 0 bridgehead atoms. The number of nitrogens with one attached hydrogen (secondary N) is 2. The molecule has 0 aliphatic rings. The van der Waals surface area contributed by atoms with Gasteiger partial charge >= 0.3 is 0 Å². The first-order chi connectivity index (χ1) is 18.2. The van der Waals surface area contributed by atoms with Gasteiger partial charge in [-0.15, -0.1) is 0 Å². The van der Waals surface area contributed by atoms with Crippen LogP contribution in [0.1, 0.15) is 44.8 Å². The van der Waals surface area contributed by atoms with Crippen molar-refractivity contribution in [3.8, 4) is 0 Å². The van der Waals surface area contributed by atoms with Gasteiger partial charge < -0.3 is 10.6 Å². The molecule has 4 rings (SSSR count). The predicted octanol–water partition coefficient (Wildman–Crippen LogP) is 5.40. The van der Waals surface area contributed by atoms with Crippen molar-refractivity contribution >= 4 is 33.2 Å². The molecule has 0 aliphatic carbocycles. The zero-order valence-corrected chi connectivity index (χ0v) is 22.0. The molecule has 1 atom stereocenters. The maximum atomic E-state index is 13.0. The van der Waals surface area contributed by atoms with Crippen molar-refractivity contribution in [1.82, 2.24) is 5.32 Å². The van der Waals surface area contributed by atoms with E-state index in [-0.39, 0.29) is 24.4 Å². The molecule has 0 fully saturated rings. The zero-order chi connectivity index (χ0) is 27.1. The number of rotatable bonds is 9. The molecule has 0 heterocycles. The molecular formula is C30H29N3O4S. The van der Waals surface area contributed by atoms with Crippen LogP contribution < -0.4 is 14.9 Å². The van der Waals surface area contributed by atoms with Gasteiger partial charge in [0.1, 0.15) is 0 Å². The number of carbonyl (C=O) groups excluding carboxylic acids is 2. The summed E-state index contributed by atoms with van der Waals surface area (Å²) in [5, 5.41) is 5.80. The minimum absolute atomic E-state index is 0.132. The molecule has 2 N–H and O–H groups in total. The summed E-state index contributed by atoms with van der Waals surface area (Å²) in [5.74, 6) is -0.676. The molecule has 38 heavy (non-hydrogen) atoms. The van der Waals surface area contributed by atoms with Gasteiger partial charge in [0.15, 0.2) is 0 Å². The molecule has 8 heteroatoms. The highest BCUT2D eigenvalue weighted by Crippen LogP contribution is 2.22. The Hall–Kier alpha value is -4.43. The fourth-order valence-corrected chi connectivity index (χ4v) is 4.89. The summed E-state index contributed by atoms with van der Waals surface area (Å²) in [4.78, 5) is 26.0. The second-order valence-corrected chi connectivity index (χ2v) is 10.8. The van der Waals surface area contributed by atoms with E-state index in [2.05, 4.69) is 10.6 Å². The van der Waals surface area contributed by atoms with Gasteiger partial charge in [0, 0.05) is 5.56 Å². The number of anilines is 2. The van der Waals surface area contributed by atoms with Gasteiger partial charge in [-0.3, -0.25) is 13.9 Å². The first-order valence-electron chi connectivity index (χ1n) is 12.1.